The highest BCUT2D eigenvalue weighted by molar-refractivity contribution is 5.90. The molecule has 2 N–H and O–H groups in total. The number of ether oxygens (including phenoxy) is 1. The van der Waals surface area contributed by atoms with Crippen LogP contribution in [0.2, 0.25) is 0 Å². The van der Waals surface area contributed by atoms with E-state index in [4.69, 9.17) is 4.74 Å². The van der Waals surface area contributed by atoms with Gasteiger partial charge in [0.2, 0.25) is 5.91 Å². The van der Waals surface area contributed by atoms with Gasteiger partial charge in [-0.3, -0.25) is 4.79 Å². The predicted molar refractivity (Wildman–Crippen MR) is 99.5 cm³/mol. The van der Waals surface area contributed by atoms with Gasteiger partial charge >= 0.3 is 6.09 Å². The Bertz CT molecular complexity index is 733. The molecule has 0 aliphatic carbocycles. The Morgan fingerprint density at radius 3 is 2.35 bits per heavy atom. The first kappa shape index (κ1) is 18.0. The highest BCUT2D eigenvalue weighted by Crippen LogP contribution is 2.23. The third-order valence-corrected chi connectivity index (χ3v) is 4.65. The van der Waals surface area contributed by atoms with Crippen molar-refractivity contribution in [2.24, 2.45) is 0 Å². The smallest absolute Gasteiger partial charge is 0.408 e. The Labute approximate surface area is 153 Å². The molecular weight excluding hydrogens is 328 g/mol. The minimum atomic E-state index is -0.981. The van der Waals surface area contributed by atoms with Crippen LogP contribution in [0.5, 0.6) is 0 Å². The summed E-state index contributed by atoms with van der Waals surface area (Å²) < 4.78 is 5.35. The second-order valence-corrected chi connectivity index (χ2v) is 6.64. The molecule has 1 unspecified atom stereocenters. The van der Waals surface area contributed by atoms with E-state index in [2.05, 4.69) is 10.6 Å². The maximum atomic E-state index is 12.8. The van der Waals surface area contributed by atoms with Crippen LogP contribution in [-0.2, 0) is 22.6 Å². The Hall–Kier alpha value is -2.82. The summed E-state index contributed by atoms with van der Waals surface area (Å²) >= 11 is 0. The first-order valence-electron chi connectivity index (χ1n) is 8.99. The Balaban J connectivity index is 1.72. The molecule has 5 heteroatoms. The highest BCUT2D eigenvalue weighted by atomic mass is 16.5. The normalized spacial score (nSPS) is 19.9. The molecule has 26 heavy (non-hydrogen) atoms. The maximum Gasteiger partial charge on any atom is 0.408 e. The third-order valence-electron chi connectivity index (χ3n) is 4.65. The average Bonchev–Trinajstić information content (AvgIpc) is 2.84. The van der Waals surface area contributed by atoms with Crippen LogP contribution in [0.25, 0.3) is 0 Å². The van der Waals surface area contributed by atoms with Gasteiger partial charge < -0.3 is 15.4 Å². The SMILES string of the molecule is O=C(NC1(Cc2ccccc2)CCCCNC1=O)OCc1ccccc1. The van der Waals surface area contributed by atoms with Crippen molar-refractivity contribution >= 4 is 12.0 Å². The molecule has 0 radical (unpaired) electrons. The van der Waals surface area contributed by atoms with Crippen molar-refractivity contribution in [1.29, 1.82) is 0 Å². The molecule has 1 saturated heterocycles. The second kappa shape index (κ2) is 8.52. The summed E-state index contributed by atoms with van der Waals surface area (Å²) in [6.07, 6.45) is 2.24. The van der Waals surface area contributed by atoms with E-state index in [-0.39, 0.29) is 12.5 Å². The van der Waals surface area contributed by atoms with E-state index in [0.29, 0.717) is 19.4 Å². The van der Waals surface area contributed by atoms with Gasteiger partial charge in [0.1, 0.15) is 12.1 Å². The van der Waals surface area contributed by atoms with E-state index < -0.39 is 11.6 Å². The molecule has 2 aromatic rings. The van der Waals surface area contributed by atoms with Crippen molar-refractivity contribution in [2.45, 2.75) is 37.8 Å². The molecule has 2 amide bonds. The number of alkyl carbamates (subject to hydrolysis) is 1. The second-order valence-electron chi connectivity index (χ2n) is 6.64. The molecule has 2 aromatic carbocycles. The first-order valence-corrected chi connectivity index (χ1v) is 8.99. The fourth-order valence-corrected chi connectivity index (χ4v) is 3.27. The zero-order chi connectivity index (χ0) is 18.2. The number of rotatable bonds is 5. The number of carbonyl (C=O) groups excluding carboxylic acids is 2. The van der Waals surface area contributed by atoms with E-state index >= 15 is 0 Å². The lowest BCUT2D eigenvalue weighted by molar-refractivity contribution is -0.127. The summed E-state index contributed by atoms with van der Waals surface area (Å²) in [5, 5.41) is 5.79. The van der Waals surface area contributed by atoms with Gasteiger partial charge in [0.25, 0.3) is 0 Å². The van der Waals surface area contributed by atoms with E-state index in [1.807, 2.05) is 60.7 Å². The molecule has 1 aliphatic heterocycles. The summed E-state index contributed by atoms with van der Waals surface area (Å²) in [6, 6.07) is 19.2. The van der Waals surface area contributed by atoms with Crippen molar-refractivity contribution in [2.75, 3.05) is 6.54 Å². The lowest BCUT2D eigenvalue weighted by Crippen LogP contribution is -2.59. The molecule has 0 saturated carbocycles. The number of amides is 2. The Morgan fingerprint density at radius 2 is 1.65 bits per heavy atom. The molecule has 5 nitrogen and oxygen atoms in total. The van der Waals surface area contributed by atoms with Crippen LogP contribution in [-0.4, -0.2) is 24.1 Å². The van der Waals surface area contributed by atoms with E-state index in [1.54, 1.807) is 0 Å². The summed E-state index contributed by atoms with van der Waals surface area (Å²) in [5.41, 5.74) is 0.934. The molecule has 136 valence electrons. The van der Waals surface area contributed by atoms with Gasteiger partial charge in [-0.15, -0.1) is 0 Å². The van der Waals surface area contributed by atoms with Gasteiger partial charge in [0.15, 0.2) is 0 Å². The number of nitrogens with one attached hydrogen (secondary N) is 2. The molecule has 0 bridgehead atoms. The monoisotopic (exact) mass is 352 g/mol. The van der Waals surface area contributed by atoms with Crippen LogP contribution in [0, 0.1) is 0 Å². The minimum absolute atomic E-state index is 0.143. The van der Waals surface area contributed by atoms with Crippen LogP contribution in [0.1, 0.15) is 30.4 Å². The number of hydrogen-bond donors (Lipinski definition) is 2. The standard InChI is InChI=1S/C21H24N2O3/c24-19-21(13-7-8-14-22-19,15-17-9-3-1-4-10-17)23-20(25)26-16-18-11-5-2-6-12-18/h1-6,9-12H,7-8,13-16H2,(H,22,24)(H,23,25). The van der Waals surface area contributed by atoms with Crippen molar-refractivity contribution in [3.63, 3.8) is 0 Å². The van der Waals surface area contributed by atoms with Crippen molar-refractivity contribution < 1.29 is 14.3 Å². The summed E-state index contributed by atoms with van der Waals surface area (Å²) in [5.74, 6) is -0.143. The quantitative estimate of drug-likeness (QED) is 0.868. The lowest BCUT2D eigenvalue weighted by atomic mass is 9.85. The zero-order valence-corrected chi connectivity index (χ0v) is 14.7. The van der Waals surface area contributed by atoms with Crippen LogP contribution >= 0.6 is 0 Å². The predicted octanol–water partition coefficient (Wildman–Crippen LogP) is 3.19. The zero-order valence-electron chi connectivity index (χ0n) is 14.7. The maximum absolute atomic E-state index is 12.8. The molecule has 0 spiro atoms. The van der Waals surface area contributed by atoms with Crippen molar-refractivity contribution in [3.8, 4) is 0 Å². The Kier molecular flexibility index (Phi) is 5.89. The van der Waals surface area contributed by atoms with Gasteiger partial charge in [-0.05, 0) is 30.4 Å². The molecule has 1 aliphatic rings. The molecule has 3 rings (SSSR count). The average molecular weight is 352 g/mol. The molecule has 1 atom stereocenters. The van der Waals surface area contributed by atoms with Crippen molar-refractivity contribution in [3.05, 3.63) is 71.8 Å². The van der Waals surface area contributed by atoms with Crippen molar-refractivity contribution in [1.82, 2.24) is 10.6 Å². The van der Waals surface area contributed by atoms with Gasteiger partial charge in [-0.1, -0.05) is 60.7 Å². The number of carbonyl (C=O) groups is 2. The van der Waals surface area contributed by atoms with Gasteiger partial charge in [0.05, 0.1) is 0 Å². The van der Waals surface area contributed by atoms with Crippen LogP contribution in [0.15, 0.2) is 60.7 Å². The number of benzene rings is 2. The van der Waals surface area contributed by atoms with E-state index in [1.165, 1.54) is 0 Å². The molecule has 1 fully saturated rings. The summed E-state index contributed by atoms with van der Waals surface area (Å²) in [7, 11) is 0. The van der Waals surface area contributed by atoms with Gasteiger partial charge in [-0.25, -0.2) is 4.79 Å². The molecular formula is C21H24N2O3. The highest BCUT2D eigenvalue weighted by Gasteiger charge is 2.41. The van der Waals surface area contributed by atoms with E-state index in [0.717, 1.165) is 24.0 Å². The van der Waals surface area contributed by atoms with E-state index in [9.17, 15) is 9.59 Å². The molecule has 1 heterocycles. The summed E-state index contributed by atoms with van der Waals surface area (Å²) in [4.78, 5) is 25.2. The summed E-state index contributed by atoms with van der Waals surface area (Å²) in [6.45, 7) is 0.811. The van der Waals surface area contributed by atoms with Crippen LogP contribution < -0.4 is 10.6 Å². The molecule has 0 aromatic heterocycles. The fraction of sp³-hybridized carbons (Fsp3) is 0.333. The third kappa shape index (κ3) is 4.63. The minimum Gasteiger partial charge on any atom is -0.445 e. The number of hydrogen-bond acceptors (Lipinski definition) is 3. The fourth-order valence-electron chi connectivity index (χ4n) is 3.27. The van der Waals surface area contributed by atoms with Gasteiger partial charge in [-0.2, -0.15) is 0 Å². The van der Waals surface area contributed by atoms with Crippen LogP contribution in [0.3, 0.4) is 0 Å². The topological polar surface area (TPSA) is 67.4 Å². The van der Waals surface area contributed by atoms with Crippen LogP contribution in [0.4, 0.5) is 4.79 Å². The first-order chi connectivity index (χ1) is 12.7. The lowest BCUT2D eigenvalue weighted by Gasteiger charge is -2.31. The largest absolute Gasteiger partial charge is 0.445 e. The Morgan fingerprint density at radius 1 is 1.00 bits per heavy atom. The van der Waals surface area contributed by atoms with Gasteiger partial charge in [0, 0.05) is 13.0 Å².